The van der Waals surface area contributed by atoms with Crippen LogP contribution in [0.3, 0.4) is 0 Å². The summed E-state index contributed by atoms with van der Waals surface area (Å²) in [4.78, 5) is 28.7. The van der Waals surface area contributed by atoms with E-state index in [4.69, 9.17) is 21.1 Å². The number of benzene rings is 2. The summed E-state index contributed by atoms with van der Waals surface area (Å²) < 4.78 is 48.8. The number of rotatable bonds is 6. The summed E-state index contributed by atoms with van der Waals surface area (Å²) >= 11 is 5.89. The van der Waals surface area contributed by atoms with Crippen LogP contribution in [0.4, 0.5) is 18.9 Å². The molecule has 0 saturated carbocycles. The fourth-order valence-electron chi connectivity index (χ4n) is 2.65. The Morgan fingerprint density at radius 2 is 1.78 bits per heavy atom. The van der Waals surface area contributed by atoms with Crippen molar-refractivity contribution in [1.82, 2.24) is 4.98 Å². The first kappa shape index (κ1) is 23.1. The van der Waals surface area contributed by atoms with Crippen LogP contribution in [0.15, 0.2) is 60.9 Å². The molecule has 2 aromatic carbocycles. The fourth-order valence-corrected chi connectivity index (χ4v) is 2.82. The molecule has 1 N–H and O–H groups in total. The van der Waals surface area contributed by atoms with E-state index in [-0.39, 0.29) is 34.9 Å². The van der Waals surface area contributed by atoms with Gasteiger partial charge in [0.25, 0.3) is 5.91 Å². The van der Waals surface area contributed by atoms with Crippen molar-refractivity contribution < 1.29 is 32.2 Å². The van der Waals surface area contributed by atoms with Gasteiger partial charge in [-0.1, -0.05) is 11.6 Å². The molecule has 6 nitrogen and oxygen atoms in total. The Hall–Kier alpha value is -3.59. The summed E-state index contributed by atoms with van der Waals surface area (Å²) in [5.74, 6) is -0.922. The highest BCUT2D eigenvalue weighted by molar-refractivity contribution is 6.30. The summed E-state index contributed by atoms with van der Waals surface area (Å²) in [7, 11) is 0. The number of halogens is 4. The third-order valence-corrected chi connectivity index (χ3v) is 4.32. The summed E-state index contributed by atoms with van der Waals surface area (Å²) in [6.07, 6.45) is -1.68. The highest BCUT2D eigenvalue weighted by Gasteiger charge is 2.30. The largest absolute Gasteiger partial charge is 0.462 e. The second-order valence-electron chi connectivity index (χ2n) is 6.40. The van der Waals surface area contributed by atoms with E-state index in [0.29, 0.717) is 5.02 Å². The van der Waals surface area contributed by atoms with Crippen molar-refractivity contribution in [3.8, 4) is 11.5 Å². The zero-order chi connectivity index (χ0) is 23.3. The standard InChI is InChI=1S/C22H16ClF3N2O4/c1-2-31-21(30)18-10-16(7-8-19(18)32-17-9-15(23)11-27-12-17)28-20(29)13-3-5-14(6-4-13)22(24,25)26/h3-12H,2H2,1H3,(H,28,29). The molecule has 1 amide bonds. The number of amides is 1. The first-order valence-electron chi connectivity index (χ1n) is 9.25. The van der Waals surface area contributed by atoms with Gasteiger partial charge in [-0.05, 0) is 49.4 Å². The van der Waals surface area contributed by atoms with Gasteiger partial charge < -0.3 is 14.8 Å². The van der Waals surface area contributed by atoms with Gasteiger partial charge in [0.2, 0.25) is 0 Å². The minimum absolute atomic E-state index is 0.0148. The number of nitrogens with zero attached hydrogens (tertiary/aromatic N) is 1. The molecule has 32 heavy (non-hydrogen) atoms. The molecule has 0 aliphatic rings. The zero-order valence-electron chi connectivity index (χ0n) is 16.6. The molecule has 0 aliphatic heterocycles. The Balaban J connectivity index is 1.84. The SMILES string of the molecule is CCOC(=O)c1cc(NC(=O)c2ccc(C(F)(F)F)cc2)ccc1Oc1cncc(Cl)c1. The lowest BCUT2D eigenvalue weighted by Crippen LogP contribution is -2.14. The number of carbonyl (C=O) groups is 2. The quantitative estimate of drug-likeness (QED) is 0.454. The number of anilines is 1. The molecule has 3 rings (SSSR count). The average molecular weight is 465 g/mol. The van der Waals surface area contributed by atoms with Crippen molar-refractivity contribution in [3.05, 3.63) is 82.6 Å². The second kappa shape index (κ2) is 9.69. The van der Waals surface area contributed by atoms with E-state index in [1.165, 1.54) is 36.7 Å². The molecule has 1 aromatic heterocycles. The molecule has 166 valence electrons. The summed E-state index contributed by atoms with van der Waals surface area (Å²) in [5.41, 5.74) is -0.608. The van der Waals surface area contributed by atoms with Crippen LogP contribution in [0.1, 0.15) is 33.2 Å². The van der Waals surface area contributed by atoms with Gasteiger partial charge >= 0.3 is 12.1 Å². The lowest BCUT2D eigenvalue weighted by Gasteiger charge is -2.13. The lowest BCUT2D eigenvalue weighted by atomic mass is 10.1. The molecule has 0 saturated heterocycles. The first-order chi connectivity index (χ1) is 15.2. The van der Waals surface area contributed by atoms with Gasteiger partial charge in [-0.15, -0.1) is 0 Å². The van der Waals surface area contributed by atoms with Gasteiger partial charge in [-0.2, -0.15) is 13.2 Å². The van der Waals surface area contributed by atoms with Gasteiger partial charge in [-0.3, -0.25) is 9.78 Å². The Labute approximate surface area is 185 Å². The van der Waals surface area contributed by atoms with Crippen LogP contribution in [0.5, 0.6) is 11.5 Å². The molecule has 10 heteroatoms. The minimum Gasteiger partial charge on any atom is -0.462 e. The highest BCUT2D eigenvalue weighted by Crippen LogP contribution is 2.31. The van der Waals surface area contributed by atoms with Crippen molar-refractivity contribution in [1.29, 1.82) is 0 Å². The maximum Gasteiger partial charge on any atom is 0.416 e. The van der Waals surface area contributed by atoms with E-state index < -0.39 is 23.6 Å². The van der Waals surface area contributed by atoms with E-state index in [9.17, 15) is 22.8 Å². The molecule has 0 unspecified atom stereocenters. The van der Waals surface area contributed by atoms with Crippen LogP contribution >= 0.6 is 11.6 Å². The molecule has 0 radical (unpaired) electrons. The Kier molecular flexibility index (Phi) is 6.99. The Morgan fingerprint density at radius 3 is 2.41 bits per heavy atom. The van der Waals surface area contributed by atoms with Gasteiger partial charge in [0.05, 0.1) is 23.4 Å². The zero-order valence-corrected chi connectivity index (χ0v) is 17.3. The van der Waals surface area contributed by atoms with E-state index in [1.54, 1.807) is 6.92 Å². The molecule has 0 bridgehead atoms. The molecule has 0 fully saturated rings. The molecule has 0 spiro atoms. The topological polar surface area (TPSA) is 77.5 Å². The first-order valence-corrected chi connectivity index (χ1v) is 9.63. The Bertz CT molecular complexity index is 1130. The molecular formula is C22H16ClF3N2O4. The summed E-state index contributed by atoms with van der Waals surface area (Å²) in [6, 6.07) is 9.51. The lowest BCUT2D eigenvalue weighted by molar-refractivity contribution is -0.137. The molecular weight excluding hydrogens is 449 g/mol. The molecule has 0 aliphatic carbocycles. The van der Waals surface area contributed by atoms with Crippen LogP contribution in [0, 0.1) is 0 Å². The van der Waals surface area contributed by atoms with Crippen molar-refractivity contribution in [2.45, 2.75) is 13.1 Å². The summed E-state index contributed by atoms with van der Waals surface area (Å²) in [6.45, 7) is 1.74. The van der Waals surface area contributed by atoms with Crippen LogP contribution < -0.4 is 10.1 Å². The Morgan fingerprint density at radius 1 is 1.06 bits per heavy atom. The van der Waals surface area contributed by atoms with Crippen LogP contribution in [-0.2, 0) is 10.9 Å². The number of nitrogens with one attached hydrogen (secondary N) is 1. The summed E-state index contributed by atoms with van der Waals surface area (Å²) in [5, 5.41) is 2.87. The van der Waals surface area contributed by atoms with Crippen LogP contribution in [0.25, 0.3) is 0 Å². The van der Waals surface area contributed by atoms with Gasteiger partial charge in [0.1, 0.15) is 17.1 Å². The molecule has 0 atom stereocenters. The monoisotopic (exact) mass is 464 g/mol. The normalized spacial score (nSPS) is 11.0. The smallest absolute Gasteiger partial charge is 0.416 e. The number of hydrogen-bond donors (Lipinski definition) is 1. The minimum atomic E-state index is -4.50. The van der Waals surface area contributed by atoms with Crippen molar-refractivity contribution in [2.75, 3.05) is 11.9 Å². The van der Waals surface area contributed by atoms with E-state index in [2.05, 4.69) is 10.3 Å². The molecule has 3 aromatic rings. The average Bonchev–Trinajstić information content (AvgIpc) is 2.74. The maximum atomic E-state index is 12.7. The number of ether oxygens (including phenoxy) is 2. The second-order valence-corrected chi connectivity index (χ2v) is 6.84. The van der Waals surface area contributed by atoms with E-state index in [1.807, 2.05) is 0 Å². The van der Waals surface area contributed by atoms with Gasteiger partial charge in [-0.25, -0.2) is 4.79 Å². The van der Waals surface area contributed by atoms with Crippen LogP contribution in [-0.4, -0.2) is 23.5 Å². The van der Waals surface area contributed by atoms with Gasteiger partial charge in [0.15, 0.2) is 0 Å². The predicted octanol–water partition coefficient (Wildman–Crippen LogP) is 5.98. The predicted molar refractivity (Wildman–Crippen MR) is 111 cm³/mol. The number of alkyl halides is 3. The number of carbonyl (C=O) groups excluding carboxylic acids is 2. The van der Waals surface area contributed by atoms with Crippen molar-refractivity contribution in [3.63, 3.8) is 0 Å². The third kappa shape index (κ3) is 5.76. The van der Waals surface area contributed by atoms with E-state index >= 15 is 0 Å². The van der Waals surface area contributed by atoms with Gasteiger partial charge in [0, 0.05) is 23.5 Å². The number of hydrogen-bond acceptors (Lipinski definition) is 5. The van der Waals surface area contributed by atoms with Crippen molar-refractivity contribution >= 4 is 29.2 Å². The number of aromatic nitrogens is 1. The van der Waals surface area contributed by atoms with Crippen LogP contribution in [0.2, 0.25) is 5.02 Å². The fraction of sp³-hybridized carbons (Fsp3) is 0.136. The third-order valence-electron chi connectivity index (χ3n) is 4.11. The molecule has 1 heterocycles. The number of pyridine rings is 1. The van der Waals surface area contributed by atoms with Crippen molar-refractivity contribution in [2.24, 2.45) is 0 Å². The number of esters is 1. The van der Waals surface area contributed by atoms with E-state index in [0.717, 1.165) is 24.3 Å². The maximum absolute atomic E-state index is 12.7. The highest BCUT2D eigenvalue weighted by atomic mass is 35.5.